The van der Waals surface area contributed by atoms with Crippen LogP contribution in [0.15, 0.2) is 30.5 Å². The van der Waals surface area contributed by atoms with Gasteiger partial charge in [0.1, 0.15) is 5.56 Å². The van der Waals surface area contributed by atoms with Crippen molar-refractivity contribution in [1.29, 1.82) is 0 Å². The zero-order chi connectivity index (χ0) is 18.4. The molecule has 2 aromatic rings. The molecule has 0 aliphatic carbocycles. The van der Waals surface area contributed by atoms with E-state index >= 15 is 0 Å². The fourth-order valence-electron chi connectivity index (χ4n) is 2.18. The fourth-order valence-corrected chi connectivity index (χ4v) is 2.18. The number of anilines is 1. The standard InChI is InChI=1S/C16H19N5O4/c1-3-9-17-16(23)14-12(10-20(4-2)19-14)18-15(22)11-7-5-6-8-13(11)21(24)25/h5-8,10H,3-4,9H2,1-2H3,(H,17,23)(H,18,22). The number of rotatable bonds is 7. The molecule has 9 heteroatoms. The molecular formula is C16H19N5O4. The highest BCUT2D eigenvalue weighted by Gasteiger charge is 2.23. The Morgan fingerprint density at radius 2 is 1.96 bits per heavy atom. The molecule has 0 aliphatic heterocycles. The largest absolute Gasteiger partial charge is 0.351 e. The number of nitrogens with one attached hydrogen (secondary N) is 2. The number of nitro benzene ring substituents is 1. The first kappa shape index (κ1) is 18.1. The van der Waals surface area contributed by atoms with E-state index in [0.29, 0.717) is 13.1 Å². The second-order valence-electron chi connectivity index (χ2n) is 5.23. The van der Waals surface area contributed by atoms with E-state index < -0.39 is 16.7 Å². The minimum absolute atomic E-state index is 0.0715. The summed E-state index contributed by atoms with van der Waals surface area (Å²) in [4.78, 5) is 35.1. The van der Waals surface area contributed by atoms with Crippen molar-refractivity contribution >= 4 is 23.2 Å². The van der Waals surface area contributed by atoms with Gasteiger partial charge in [0.15, 0.2) is 5.69 Å². The summed E-state index contributed by atoms with van der Waals surface area (Å²) in [6.45, 7) is 4.75. The zero-order valence-corrected chi connectivity index (χ0v) is 14.0. The number of amides is 2. The van der Waals surface area contributed by atoms with Crippen molar-refractivity contribution in [2.24, 2.45) is 0 Å². The van der Waals surface area contributed by atoms with Crippen LogP contribution in [-0.4, -0.2) is 33.1 Å². The molecule has 0 saturated heterocycles. The number of para-hydroxylation sites is 1. The minimum atomic E-state index is -0.674. The van der Waals surface area contributed by atoms with Gasteiger partial charge >= 0.3 is 0 Å². The van der Waals surface area contributed by atoms with Crippen LogP contribution in [0.3, 0.4) is 0 Å². The molecule has 0 bridgehead atoms. The van der Waals surface area contributed by atoms with Gasteiger partial charge in [0, 0.05) is 25.4 Å². The summed E-state index contributed by atoms with van der Waals surface area (Å²) in [7, 11) is 0. The van der Waals surface area contributed by atoms with Gasteiger partial charge in [-0.15, -0.1) is 0 Å². The molecule has 9 nitrogen and oxygen atoms in total. The smallest absolute Gasteiger partial charge is 0.282 e. The van der Waals surface area contributed by atoms with Crippen LogP contribution in [0.2, 0.25) is 0 Å². The van der Waals surface area contributed by atoms with E-state index in [0.717, 1.165) is 6.42 Å². The summed E-state index contributed by atoms with van der Waals surface area (Å²) in [5, 5.41) is 20.5. The van der Waals surface area contributed by atoms with Crippen molar-refractivity contribution in [2.75, 3.05) is 11.9 Å². The van der Waals surface area contributed by atoms with Crippen LogP contribution in [-0.2, 0) is 6.54 Å². The monoisotopic (exact) mass is 345 g/mol. The zero-order valence-electron chi connectivity index (χ0n) is 14.0. The normalized spacial score (nSPS) is 10.3. The van der Waals surface area contributed by atoms with Crippen LogP contribution < -0.4 is 10.6 Å². The fraction of sp³-hybridized carbons (Fsp3) is 0.312. The number of hydrogen-bond acceptors (Lipinski definition) is 5. The highest BCUT2D eigenvalue weighted by molar-refractivity contribution is 6.10. The minimum Gasteiger partial charge on any atom is -0.351 e. The third-order valence-electron chi connectivity index (χ3n) is 3.43. The lowest BCUT2D eigenvalue weighted by Gasteiger charge is -2.06. The topological polar surface area (TPSA) is 119 Å². The van der Waals surface area contributed by atoms with Gasteiger partial charge < -0.3 is 10.6 Å². The molecule has 25 heavy (non-hydrogen) atoms. The second-order valence-corrected chi connectivity index (χ2v) is 5.23. The predicted molar refractivity (Wildman–Crippen MR) is 91.6 cm³/mol. The summed E-state index contributed by atoms with van der Waals surface area (Å²) in [5.74, 6) is -1.08. The van der Waals surface area contributed by atoms with E-state index in [-0.39, 0.29) is 22.6 Å². The lowest BCUT2D eigenvalue weighted by atomic mass is 10.1. The number of carbonyl (C=O) groups excluding carboxylic acids is 2. The first-order chi connectivity index (χ1) is 12.0. The van der Waals surface area contributed by atoms with Crippen LogP contribution in [0.5, 0.6) is 0 Å². The van der Waals surface area contributed by atoms with Crippen molar-refractivity contribution in [3.63, 3.8) is 0 Å². The Morgan fingerprint density at radius 1 is 1.24 bits per heavy atom. The Morgan fingerprint density at radius 3 is 2.60 bits per heavy atom. The van der Waals surface area contributed by atoms with Crippen molar-refractivity contribution in [1.82, 2.24) is 15.1 Å². The number of carbonyl (C=O) groups is 2. The van der Waals surface area contributed by atoms with E-state index in [1.165, 1.54) is 35.1 Å². The van der Waals surface area contributed by atoms with Crippen molar-refractivity contribution in [2.45, 2.75) is 26.8 Å². The summed E-state index contributed by atoms with van der Waals surface area (Å²) >= 11 is 0. The van der Waals surface area contributed by atoms with Crippen LogP contribution in [0.4, 0.5) is 11.4 Å². The number of benzene rings is 1. The Bertz CT molecular complexity index is 800. The number of aryl methyl sites for hydroxylation is 1. The Balaban J connectivity index is 2.30. The molecule has 0 atom stereocenters. The first-order valence-corrected chi connectivity index (χ1v) is 7.88. The third kappa shape index (κ3) is 4.19. The molecule has 0 radical (unpaired) electrons. The number of hydrogen-bond donors (Lipinski definition) is 2. The van der Waals surface area contributed by atoms with Crippen LogP contribution in [0.25, 0.3) is 0 Å². The molecule has 2 N–H and O–H groups in total. The maximum absolute atomic E-state index is 12.4. The molecule has 0 aliphatic rings. The van der Waals surface area contributed by atoms with Crippen LogP contribution in [0.1, 0.15) is 41.1 Å². The van der Waals surface area contributed by atoms with E-state index in [4.69, 9.17) is 0 Å². The molecule has 0 spiro atoms. The van der Waals surface area contributed by atoms with Crippen LogP contribution in [0, 0.1) is 10.1 Å². The van der Waals surface area contributed by atoms with Crippen LogP contribution >= 0.6 is 0 Å². The van der Waals surface area contributed by atoms with E-state index in [2.05, 4.69) is 15.7 Å². The maximum atomic E-state index is 12.4. The van der Waals surface area contributed by atoms with Gasteiger partial charge in [-0.2, -0.15) is 5.10 Å². The molecular weight excluding hydrogens is 326 g/mol. The average molecular weight is 345 g/mol. The first-order valence-electron chi connectivity index (χ1n) is 7.88. The summed E-state index contributed by atoms with van der Waals surface area (Å²) in [6.07, 6.45) is 2.28. The second kappa shape index (κ2) is 8.04. The molecule has 1 aromatic carbocycles. The molecule has 0 fully saturated rings. The summed E-state index contributed by atoms with van der Waals surface area (Å²) in [5.41, 5.74) is -0.114. The molecule has 1 aromatic heterocycles. The quantitative estimate of drug-likeness (QED) is 0.589. The maximum Gasteiger partial charge on any atom is 0.282 e. The van der Waals surface area contributed by atoms with Gasteiger partial charge in [-0.05, 0) is 19.4 Å². The molecule has 0 saturated carbocycles. The summed E-state index contributed by atoms with van der Waals surface area (Å²) < 4.78 is 1.51. The van der Waals surface area contributed by atoms with Gasteiger partial charge in [0.25, 0.3) is 17.5 Å². The van der Waals surface area contributed by atoms with E-state index in [1.54, 1.807) is 0 Å². The van der Waals surface area contributed by atoms with Gasteiger partial charge in [0.2, 0.25) is 0 Å². The Hall–Kier alpha value is -3.23. The average Bonchev–Trinajstić information content (AvgIpc) is 3.02. The van der Waals surface area contributed by atoms with E-state index in [1.807, 2.05) is 13.8 Å². The molecule has 2 rings (SSSR count). The predicted octanol–water partition coefficient (Wildman–Crippen LogP) is 2.20. The van der Waals surface area contributed by atoms with Crippen molar-refractivity contribution in [3.05, 3.63) is 51.8 Å². The molecule has 2 amide bonds. The third-order valence-corrected chi connectivity index (χ3v) is 3.43. The SMILES string of the molecule is CCCNC(=O)c1nn(CC)cc1NC(=O)c1ccccc1[N+](=O)[O-]. The lowest BCUT2D eigenvalue weighted by Crippen LogP contribution is -2.26. The number of nitro groups is 1. The molecule has 0 unspecified atom stereocenters. The van der Waals surface area contributed by atoms with Gasteiger partial charge in [-0.25, -0.2) is 0 Å². The number of nitrogens with zero attached hydrogens (tertiary/aromatic N) is 3. The lowest BCUT2D eigenvalue weighted by molar-refractivity contribution is -0.385. The van der Waals surface area contributed by atoms with Gasteiger partial charge in [-0.1, -0.05) is 19.1 Å². The number of aromatic nitrogens is 2. The molecule has 132 valence electrons. The Kier molecular flexibility index (Phi) is 5.83. The van der Waals surface area contributed by atoms with E-state index in [9.17, 15) is 19.7 Å². The molecule has 1 heterocycles. The van der Waals surface area contributed by atoms with Gasteiger partial charge in [0.05, 0.1) is 10.6 Å². The summed E-state index contributed by atoms with van der Waals surface area (Å²) in [6, 6.07) is 5.62. The Labute approximate surface area is 144 Å². The highest BCUT2D eigenvalue weighted by Crippen LogP contribution is 2.21. The van der Waals surface area contributed by atoms with Crippen molar-refractivity contribution < 1.29 is 14.5 Å². The highest BCUT2D eigenvalue weighted by atomic mass is 16.6. The van der Waals surface area contributed by atoms with Crippen molar-refractivity contribution in [3.8, 4) is 0 Å². The van der Waals surface area contributed by atoms with Gasteiger partial charge in [-0.3, -0.25) is 24.4 Å².